The first kappa shape index (κ1) is 25.9. The molecule has 0 atom stereocenters. The van der Waals surface area contributed by atoms with E-state index in [2.05, 4.69) is 15.3 Å². The fraction of sp³-hybridized carbons (Fsp3) is 0.385. The van der Waals surface area contributed by atoms with Gasteiger partial charge in [-0.1, -0.05) is 6.42 Å². The number of anilines is 2. The predicted octanol–water partition coefficient (Wildman–Crippen LogP) is 6.89. The van der Waals surface area contributed by atoms with Gasteiger partial charge in [-0.25, -0.2) is 23.1 Å². The van der Waals surface area contributed by atoms with E-state index in [9.17, 15) is 8.78 Å². The first-order valence-electron chi connectivity index (χ1n) is 11.7. The Balaban J connectivity index is 1.38. The number of alkyl halides is 1. The van der Waals surface area contributed by atoms with Gasteiger partial charge in [0.05, 0.1) is 31.7 Å². The zero-order valence-electron chi connectivity index (χ0n) is 19.8. The minimum Gasteiger partial charge on any atom is -0.494 e. The summed E-state index contributed by atoms with van der Waals surface area (Å²) >= 11 is 5.62. The van der Waals surface area contributed by atoms with Gasteiger partial charge in [0.2, 0.25) is 5.95 Å². The zero-order valence-corrected chi connectivity index (χ0v) is 20.6. The number of halogens is 4. The summed E-state index contributed by atoms with van der Waals surface area (Å²) in [6.07, 6.45) is 7.01. The van der Waals surface area contributed by atoms with Crippen LogP contribution in [0.25, 0.3) is 0 Å². The SMILES string of the molecule is COc1cc(C2CCC2)c(F)c(COc2cnc(Nc3ccc(OCCCCCl)c(F)c3)nc2)c1F. The van der Waals surface area contributed by atoms with E-state index >= 15 is 4.39 Å². The van der Waals surface area contributed by atoms with Crippen molar-refractivity contribution < 1.29 is 27.4 Å². The molecule has 1 aromatic heterocycles. The van der Waals surface area contributed by atoms with Crippen LogP contribution < -0.4 is 19.5 Å². The Hall–Kier alpha value is -3.20. The second-order valence-corrected chi connectivity index (χ2v) is 8.83. The molecule has 0 bridgehead atoms. The van der Waals surface area contributed by atoms with Gasteiger partial charge < -0.3 is 19.5 Å². The molecule has 1 aliphatic rings. The van der Waals surface area contributed by atoms with Gasteiger partial charge in [-0.05, 0) is 55.4 Å². The van der Waals surface area contributed by atoms with Crippen molar-refractivity contribution in [3.63, 3.8) is 0 Å². The van der Waals surface area contributed by atoms with Crippen molar-refractivity contribution >= 4 is 23.2 Å². The highest BCUT2D eigenvalue weighted by Crippen LogP contribution is 2.41. The van der Waals surface area contributed by atoms with E-state index in [1.54, 1.807) is 6.07 Å². The topological polar surface area (TPSA) is 65.5 Å². The smallest absolute Gasteiger partial charge is 0.227 e. The maximum atomic E-state index is 15.0. The molecule has 10 heteroatoms. The van der Waals surface area contributed by atoms with Crippen LogP contribution in [0.15, 0.2) is 36.7 Å². The van der Waals surface area contributed by atoms with Crippen LogP contribution >= 0.6 is 11.6 Å². The third-order valence-electron chi connectivity index (χ3n) is 6.04. The quantitative estimate of drug-likeness (QED) is 0.207. The van der Waals surface area contributed by atoms with Gasteiger partial charge >= 0.3 is 0 Å². The van der Waals surface area contributed by atoms with Gasteiger partial charge in [0.25, 0.3) is 0 Å². The second kappa shape index (κ2) is 12.2. The largest absolute Gasteiger partial charge is 0.494 e. The van der Waals surface area contributed by atoms with Crippen LogP contribution in [0, 0.1) is 17.5 Å². The average Bonchev–Trinajstić information content (AvgIpc) is 2.84. The predicted molar refractivity (Wildman–Crippen MR) is 131 cm³/mol. The minimum atomic E-state index is -0.786. The van der Waals surface area contributed by atoms with Crippen LogP contribution in [-0.4, -0.2) is 29.6 Å². The van der Waals surface area contributed by atoms with Crippen molar-refractivity contribution in [2.45, 2.75) is 44.6 Å². The standard InChI is InChI=1S/C26H27ClF3N3O3/c1-34-23-12-19(16-5-4-6-16)24(29)20(25(23)30)15-36-18-13-31-26(32-14-18)33-17-7-8-22(21(28)11-17)35-10-3-2-9-27/h7-8,11-14,16H,2-6,9-10,15H2,1H3,(H,31,32,33). The molecule has 1 heterocycles. The van der Waals surface area contributed by atoms with Crippen LogP contribution in [-0.2, 0) is 6.61 Å². The summed E-state index contributed by atoms with van der Waals surface area (Å²) in [6.45, 7) is 0.0364. The maximum Gasteiger partial charge on any atom is 0.227 e. The summed E-state index contributed by atoms with van der Waals surface area (Å²) in [5.41, 5.74) is 0.685. The zero-order chi connectivity index (χ0) is 25.5. The molecular formula is C26H27ClF3N3O3. The van der Waals surface area contributed by atoms with Crippen LogP contribution in [0.4, 0.5) is 24.8 Å². The highest BCUT2D eigenvalue weighted by Gasteiger charge is 2.28. The number of methoxy groups -OCH3 is 1. The Bertz CT molecular complexity index is 1180. The number of rotatable bonds is 12. The number of nitrogens with zero attached hydrogens (tertiary/aromatic N) is 2. The minimum absolute atomic E-state index is 0.00777. The van der Waals surface area contributed by atoms with Crippen molar-refractivity contribution in [1.29, 1.82) is 0 Å². The van der Waals surface area contributed by atoms with Crippen LogP contribution in [0.2, 0.25) is 0 Å². The Kier molecular flexibility index (Phi) is 8.74. The Morgan fingerprint density at radius 1 is 1.00 bits per heavy atom. The summed E-state index contributed by atoms with van der Waals surface area (Å²) in [7, 11) is 1.35. The molecule has 0 saturated heterocycles. The van der Waals surface area contributed by atoms with Crippen LogP contribution in [0.1, 0.15) is 49.1 Å². The molecule has 1 aliphatic carbocycles. The summed E-state index contributed by atoms with van der Waals surface area (Å²) < 4.78 is 60.1. The van der Waals surface area contributed by atoms with E-state index < -0.39 is 17.5 Å². The molecular weight excluding hydrogens is 495 g/mol. The van der Waals surface area contributed by atoms with Gasteiger partial charge in [0.15, 0.2) is 28.9 Å². The third kappa shape index (κ3) is 6.13. The molecule has 1 N–H and O–H groups in total. The number of unbranched alkanes of at least 4 members (excludes halogenated alkanes) is 1. The number of ether oxygens (including phenoxy) is 3. The van der Waals surface area contributed by atoms with E-state index in [-0.39, 0.29) is 41.3 Å². The molecule has 1 saturated carbocycles. The lowest BCUT2D eigenvalue weighted by molar-refractivity contribution is 0.283. The lowest BCUT2D eigenvalue weighted by Crippen LogP contribution is -2.14. The molecule has 36 heavy (non-hydrogen) atoms. The second-order valence-electron chi connectivity index (χ2n) is 8.45. The monoisotopic (exact) mass is 521 g/mol. The molecule has 0 radical (unpaired) electrons. The lowest BCUT2D eigenvalue weighted by Gasteiger charge is -2.27. The van der Waals surface area contributed by atoms with E-state index in [1.165, 1.54) is 37.7 Å². The Morgan fingerprint density at radius 2 is 1.78 bits per heavy atom. The van der Waals surface area contributed by atoms with Crippen molar-refractivity contribution in [2.75, 3.05) is 24.9 Å². The lowest BCUT2D eigenvalue weighted by atomic mass is 9.79. The molecule has 0 amide bonds. The summed E-state index contributed by atoms with van der Waals surface area (Å²) in [6, 6.07) is 5.87. The van der Waals surface area contributed by atoms with Crippen molar-refractivity contribution in [3.05, 3.63) is 65.2 Å². The van der Waals surface area contributed by atoms with Crippen molar-refractivity contribution in [1.82, 2.24) is 9.97 Å². The van der Waals surface area contributed by atoms with Crippen molar-refractivity contribution in [2.24, 2.45) is 0 Å². The Morgan fingerprint density at radius 3 is 2.42 bits per heavy atom. The summed E-state index contributed by atoms with van der Waals surface area (Å²) in [4.78, 5) is 8.26. The van der Waals surface area contributed by atoms with Crippen LogP contribution in [0.5, 0.6) is 17.2 Å². The fourth-order valence-electron chi connectivity index (χ4n) is 3.79. The molecule has 6 nitrogen and oxygen atoms in total. The molecule has 1 fully saturated rings. The number of nitrogens with one attached hydrogen (secondary N) is 1. The molecule has 0 spiro atoms. The number of hydrogen-bond acceptors (Lipinski definition) is 6. The van der Waals surface area contributed by atoms with Gasteiger partial charge in [-0.15, -0.1) is 11.6 Å². The molecule has 0 aliphatic heterocycles. The van der Waals surface area contributed by atoms with E-state index in [4.69, 9.17) is 25.8 Å². The van der Waals surface area contributed by atoms with Crippen LogP contribution in [0.3, 0.4) is 0 Å². The highest BCUT2D eigenvalue weighted by molar-refractivity contribution is 6.17. The number of aromatic nitrogens is 2. The summed E-state index contributed by atoms with van der Waals surface area (Å²) in [5, 5.41) is 2.89. The molecule has 2 aromatic carbocycles. The summed E-state index contributed by atoms with van der Waals surface area (Å²) in [5.74, 6) is -0.750. The highest BCUT2D eigenvalue weighted by atomic mass is 35.5. The van der Waals surface area contributed by atoms with E-state index in [0.29, 0.717) is 23.7 Å². The number of hydrogen-bond donors (Lipinski definition) is 1. The average molecular weight is 522 g/mol. The Labute approximate surface area is 212 Å². The number of benzene rings is 2. The normalized spacial score (nSPS) is 13.2. The van der Waals surface area contributed by atoms with Crippen molar-refractivity contribution in [3.8, 4) is 17.2 Å². The fourth-order valence-corrected chi connectivity index (χ4v) is 3.98. The van der Waals surface area contributed by atoms with Gasteiger partial charge in [0.1, 0.15) is 12.4 Å². The maximum absolute atomic E-state index is 15.0. The third-order valence-corrected chi connectivity index (χ3v) is 6.30. The first-order chi connectivity index (χ1) is 17.5. The molecule has 3 aromatic rings. The van der Waals surface area contributed by atoms with Gasteiger partial charge in [0, 0.05) is 17.6 Å². The first-order valence-corrected chi connectivity index (χ1v) is 12.3. The van der Waals surface area contributed by atoms with Gasteiger partial charge in [-0.2, -0.15) is 0 Å². The van der Waals surface area contributed by atoms with Gasteiger partial charge in [-0.3, -0.25) is 0 Å². The molecule has 0 unspecified atom stereocenters. The van der Waals surface area contributed by atoms with E-state index in [0.717, 1.165) is 32.1 Å². The molecule has 4 rings (SSSR count). The van der Waals surface area contributed by atoms with E-state index in [1.807, 2.05) is 0 Å². The molecule has 192 valence electrons.